The Balaban J connectivity index is 1.26. The predicted octanol–water partition coefficient (Wildman–Crippen LogP) is 3.78. The van der Waals surface area contributed by atoms with E-state index in [1.165, 1.54) is 11.8 Å². The molecule has 0 fully saturated rings. The van der Waals surface area contributed by atoms with Crippen LogP contribution in [-0.2, 0) is 11.3 Å². The monoisotopic (exact) mass is 487 g/mol. The molecule has 0 radical (unpaired) electrons. The Labute approximate surface area is 207 Å². The zero-order chi connectivity index (χ0) is 24.0. The fourth-order valence-corrected chi connectivity index (χ4v) is 4.69. The number of hydrogen-bond acceptors (Lipinski definition) is 7. The predicted molar refractivity (Wildman–Crippen MR) is 134 cm³/mol. The molecule has 0 saturated heterocycles. The van der Waals surface area contributed by atoms with Gasteiger partial charge in [-0.25, -0.2) is 0 Å². The number of likely N-dealkylation sites (N-methyl/N-ethyl adjacent to an activating group) is 1. The van der Waals surface area contributed by atoms with E-state index >= 15 is 0 Å². The number of carbonyl (C=O) groups excluding carboxylic acids is 1. The van der Waals surface area contributed by atoms with Crippen LogP contribution in [0, 0.1) is 0 Å². The summed E-state index contributed by atoms with van der Waals surface area (Å²) in [4.78, 5) is 18.7. The molecule has 0 saturated carbocycles. The molecule has 35 heavy (non-hydrogen) atoms. The van der Waals surface area contributed by atoms with Crippen molar-refractivity contribution < 1.29 is 14.3 Å². The largest absolute Gasteiger partial charge is 0.486 e. The number of ether oxygens (including phenoxy) is 2. The van der Waals surface area contributed by atoms with Crippen molar-refractivity contribution in [3.8, 4) is 22.9 Å². The SMILES string of the molecule is CN(C[C@@H]1COc2ccccc2O1)C(=O)CSc1nnc(-c2ccncc2)n1Cc1ccccc1. The molecule has 3 heterocycles. The molecular weight excluding hydrogens is 462 g/mol. The number of thioether (sulfide) groups is 1. The first-order valence-electron chi connectivity index (χ1n) is 11.3. The number of benzene rings is 2. The van der Waals surface area contributed by atoms with E-state index in [1.54, 1.807) is 24.3 Å². The Kier molecular flexibility index (Phi) is 6.94. The van der Waals surface area contributed by atoms with E-state index in [0.717, 1.165) is 22.7 Å². The zero-order valence-corrected chi connectivity index (χ0v) is 20.1. The van der Waals surface area contributed by atoms with Gasteiger partial charge in [0, 0.05) is 25.0 Å². The summed E-state index contributed by atoms with van der Waals surface area (Å²) in [6.45, 7) is 1.44. The van der Waals surface area contributed by atoms with Crippen LogP contribution < -0.4 is 9.47 Å². The van der Waals surface area contributed by atoms with E-state index in [1.807, 2.05) is 59.2 Å². The van der Waals surface area contributed by atoms with Crippen LogP contribution in [-0.4, -0.2) is 62.6 Å². The van der Waals surface area contributed by atoms with Crippen molar-refractivity contribution in [3.63, 3.8) is 0 Å². The first-order valence-corrected chi connectivity index (χ1v) is 12.3. The molecule has 0 aliphatic carbocycles. The minimum atomic E-state index is -0.219. The molecule has 0 spiro atoms. The standard InChI is InChI=1S/C26H25N5O3S/c1-30(16-21-17-33-22-9-5-6-10-23(22)34-21)24(32)18-35-26-29-28-25(20-11-13-27-14-12-20)31(26)15-19-7-3-2-4-8-19/h2-14,21H,15-18H2,1H3/t21-/m1/s1. The summed E-state index contributed by atoms with van der Waals surface area (Å²) >= 11 is 1.38. The maximum Gasteiger partial charge on any atom is 0.232 e. The van der Waals surface area contributed by atoms with Gasteiger partial charge in [-0.15, -0.1) is 10.2 Å². The Morgan fingerprint density at radius 2 is 1.77 bits per heavy atom. The van der Waals surface area contributed by atoms with E-state index in [2.05, 4.69) is 27.3 Å². The van der Waals surface area contributed by atoms with Gasteiger partial charge in [0.25, 0.3) is 0 Å². The summed E-state index contributed by atoms with van der Waals surface area (Å²) in [7, 11) is 1.78. The number of aromatic nitrogens is 4. The molecule has 2 aromatic carbocycles. The Hall–Kier alpha value is -3.85. The van der Waals surface area contributed by atoms with Crippen LogP contribution in [0.4, 0.5) is 0 Å². The van der Waals surface area contributed by atoms with Crippen LogP contribution in [0.1, 0.15) is 5.56 Å². The van der Waals surface area contributed by atoms with Gasteiger partial charge < -0.3 is 14.4 Å². The second-order valence-electron chi connectivity index (χ2n) is 8.17. The van der Waals surface area contributed by atoms with Gasteiger partial charge in [0.2, 0.25) is 5.91 Å². The number of fused-ring (bicyclic) bond motifs is 1. The summed E-state index contributed by atoms with van der Waals surface area (Å²) in [5.74, 6) is 2.40. The molecule has 0 bridgehead atoms. The molecule has 1 aliphatic heterocycles. The Morgan fingerprint density at radius 1 is 1.03 bits per heavy atom. The van der Waals surface area contributed by atoms with Crippen molar-refractivity contribution >= 4 is 17.7 Å². The van der Waals surface area contributed by atoms with Gasteiger partial charge in [-0.2, -0.15) is 0 Å². The highest BCUT2D eigenvalue weighted by molar-refractivity contribution is 7.99. The lowest BCUT2D eigenvalue weighted by Crippen LogP contribution is -2.42. The average Bonchev–Trinajstić information content (AvgIpc) is 3.30. The number of hydrogen-bond donors (Lipinski definition) is 0. The van der Waals surface area contributed by atoms with Crippen molar-refractivity contribution in [2.24, 2.45) is 0 Å². The first kappa shape index (κ1) is 22.9. The molecule has 4 aromatic rings. The van der Waals surface area contributed by atoms with Crippen molar-refractivity contribution in [1.82, 2.24) is 24.6 Å². The Morgan fingerprint density at radius 3 is 2.57 bits per heavy atom. The molecule has 8 nitrogen and oxygen atoms in total. The third-order valence-electron chi connectivity index (χ3n) is 5.63. The summed E-state index contributed by atoms with van der Waals surface area (Å²) in [5, 5.41) is 9.51. The third-order valence-corrected chi connectivity index (χ3v) is 6.59. The number of nitrogens with zero attached hydrogens (tertiary/aromatic N) is 5. The van der Waals surface area contributed by atoms with E-state index in [0.29, 0.717) is 30.6 Å². The van der Waals surface area contributed by atoms with Crippen molar-refractivity contribution in [2.75, 3.05) is 26.0 Å². The highest BCUT2D eigenvalue weighted by atomic mass is 32.2. The van der Waals surface area contributed by atoms with Crippen molar-refractivity contribution in [2.45, 2.75) is 17.8 Å². The van der Waals surface area contributed by atoms with Crippen LogP contribution in [0.25, 0.3) is 11.4 Å². The average molecular weight is 488 g/mol. The number of carbonyl (C=O) groups is 1. The maximum absolute atomic E-state index is 12.9. The Bertz CT molecular complexity index is 1280. The first-order chi connectivity index (χ1) is 17.2. The lowest BCUT2D eigenvalue weighted by atomic mass is 10.2. The van der Waals surface area contributed by atoms with Crippen LogP contribution in [0.2, 0.25) is 0 Å². The summed E-state index contributed by atoms with van der Waals surface area (Å²) in [6, 6.07) is 21.5. The van der Waals surface area contributed by atoms with Gasteiger partial charge >= 0.3 is 0 Å². The lowest BCUT2D eigenvalue weighted by molar-refractivity contribution is -0.128. The molecule has 2 aromatic heterocycles. The van der Waals surface area contributed by atoms with Crippen LogP contribution in [0.15, 0.2) is 84.3 Å². The van der Waals surface area contributed by atoms with Crippen LogP contribution in [0.3, 0.4) is 0 Å². The van der Waals surface area contributed by atoms with E-state index < -0.39 is 0 Å². The quantitative estimate of drug-likeness (QED) is 0.350. The minimum Gasteiger partial charge on any atom is -0.486 e. The number of pyridine rings is 1. The topological polar surface area (TPSA) is 82.4 Å². The van der Waals surface area contributed by atoms with Crippen LogP contribution >= 0.6 is 11.8 Å². The van der Waals surface area contributed by atoms with Gasteiger partial charge in [0.15, 0.2) is 28.6 Å². The highest BCUT2D eigenvalue weighted by Gasteiger charge is 2.24. The fraction of sp³-hybridized carbons (Fsp3) is 0.231. The molecular formula is C26H25N5O3S. The third kappa shape index (κ3) is 5.46. The van der Waals surface area contributed by atoms with Gasteiger partial charge in [-0.05, 0) is 29.8 Å². The van der Waals surface area contributed by atoms with Gasteiger partial charge in [0.05, 0.1) is 18.8 Å². The van der Waals surface area contributed by atoms with Gasteiger partial charge in [-0.1, -0.05) is 54.2 Å². The van der Waals surface area contributed by atoms with Gasteiger partial charge in [-0.3, -0.25) is 14.3 Å². The second kappa shape index (κ2) is 10.6. The molecule has 9 heteroatoms. The molecule has 5 rings (SSSR count). The van der Waals surface area contributed by atoms with E-state index in [4.69, 9.17) is 9.47 Å². The molecule has 1 atom stereocenters. The minimum absolute atomic E-state index is 0.0165. The lowest BCUT2D eigenvalue weighted by Gasteiger charge is -2.29. The molecule has 0 unspecified atom stereocenters. The number of rotatable bonds is 8. The second-order valence-corrected chi connectivity index (χ2v) is 9.12. The summed E-state index contributed by atoms with van der Waals surface area (Å²) < 4.78 is 13.8. The smallest absolute Gasteiger partial charge is 0.232 e. The number of para-hydroxylation sites is 2. The molecule has 1 aliphatic rings. The van der Waals surface area contributed by atoms with Crippen molar-refractivity contribution in [1.29, 1.82) is 0 Å². The molecule has 1 amide bonds. The van der Waals surface area contributed by atoms with Gasteiger partial charge in [0.1, 0.15) is 6.61 Å². The van der Waals surface area contributed by atoms with E-state index in [-0.39, 0.29) is 17.8 Å². The van der Waals surface area contributed by atoms with Crippen molar-refractivity contribution in [3.05, 3.63) is 84.7 Å². The maximum atomic E-state index is 12.9. The normalized spacial score (nSPS) is 14.5. The zero-order valence-electron chi connectivity index (χ0n) is 19.3. The van der Waals surface area contributed by atoms with E-state index in [9.17, 15) is 4.79 Å². The molecule has 0 N–H and O–H groups in total. The molecule has 178 valence electrons. The fourth-order valence-electron chi connectivity index (χ4n) is 3.82. The highest BCUT2D eigenvalue weighted by Crippen LogP contribution is 2.31. The number of amides is 1. The summed E-state index contributed by atoms with van der Waals surface area (Å²) in [5.41, 5.74) is 2.05. The summed E-state index contributed by atoms with van der Waals surface area (Å²) in [6.07, 6.45) is 3.25. The van der Waals surface area contributed by atoms with Crippen LogP contribution in [0.5, 0.6) is 11.5 Å².